The van der Waals surface area contributed by atoms with Crippen molar-refractivity contribution >= 4 is 80.1 Å². The molecule has 0 unspecified atom stereocenters. The number of pyridine rings is 1. The molecule has 9 aromatic rings. The van der Waals surface area contributed by atoms with Gasteiger partial charge in [-0.15, -0.1) is 0 Å². The van der Waals surface area contributed by atoms with Crippen LogP contribution in [-0.2, 0) is 86.7 Å². The molecule has 1 spiro atoms. The molecule has 0 bridgehead atoms. The van der Waals surface area contributed by atoms with Gasteiger partial charge in [-0.3, -0.25) is 34.0 Å². The van der Waals surface area contributed by atoms with Crippen molar-refractivity contribution in [2.24, 2.45) is 11.3 Å². The number of carbonyl (C=O) groups excluding carboxylic acids is 5. The number of aryl methyl sites for hydroxylation is 6. The largest absolute Gasteiger partial charge is 0.497 e. The minimum atomic E-state index is -0.378. The number of Topliss-reactive ketones (excluding diaryl/α,β-unsaturated/α-hetero) is 1. The Morgan fingerprint density at radius 3 is 1.75 bits per heavy atom. The second kappa shape index (κ2) is 30.9. The normalized spacial score (nSPS) is 21.0. The van der Waals surface area contributed by atoms with Crippen LogP contribution in [0.1, 0.15) is 162 Å². The number of rotatable bonds is 16. The molecule has 5 aliphatic heterocycles. The smallest absolute Gasteiger partial charge is 0.414 e. The molecule has 0 radical (unpaired) electrons. The SMILES string of the molecule is COC(=O)N1c2ccc3c(nc(CC[C@H]4CCCO4)n3[C@@H]3CCC[C@@H](C(C)=O)C3)c2CC[C@@H]1C.COC(=O)N1c2ccc3c(nc(CCn4cccn4)n3CC(=O)NCc3ccncc3)c2CC[C@@H]1C.COC(=O)N1c2ccc3c(nc(Cc4cccc(OC)c4)n3C3CC4(CNC4)C3)c2CC[C@@H]1C. The highest BCUT2D eigenvalue weighted by Crippen LogP contribution is 2.53. The minimum absolute atomic E-state index is 0.0303. The fraction of sp³-hybridized carbons (Fsp3) is 0.500. The van der Waals surface area contributed by atoms with Gasteiger partial charge in [-0.1, -0.05) is 18.6 Å². The zero-order valence-electron chi connectivity index (χ0n) is 61.3. The van der Waals surface area contributed by atoms with E-state index in [4.69, 9.17) is 38.6 Å². The average Bonchev–Trinajstić information content (AvgIpc) is 1.51. The Morgan fingerprint density at radius 2 is 1.20 bits per heavy atom. The standard InChI is InChI=1S/C27H32N4O3.C27H37N3O4.C26H29N7O3/c1-17-7-8-21-22(30(17)26(32)34-3)9-10-23-25(21)29-24(12-18-5-4-6-20(11-18)33-2)31(23)19-13-27(14-19)15-28-16-27;1-17-9-11-22-23(29(17)27(32)33-3)12-13-24-26(22)28-25(14-10-21-8-5-15-34-21)30(24)20-7-4-6-19(16-20)18(2)31;1-18-4-5-20-21(33(18)26(35)36-2)6-7-22-25(20)30-23(10-15-31-14-3-11-29-31)32(22)17-24(34)28-16-19-8-12-27-13-9-19/h4-6,9-11,17,19,28H,7-8,12-16H2,1-3H3;12-13,17,19-21H,4-11,14-16H2,1-3H3;3,6-9,11-14,18H,4-5,10,15-17H2,1-2H3,(H,28,34)/t17-;17-,19+,20+,21+;18-/m000/s1. The molecule has 4 aromatic carbocycles. The summed E-state index contributed by atoms with van der Waals surface area (Å²) in [5, 5.41) is 10.7. The van der Waals surface area contributed by atoms with Crippen molar-refractivity contribution in [2.45, 2.75) is 199 Å². The fourth-order valence-electron chi connectivity index (χ4n) is 17.3. The summed E-state index contributed by atoms with van der Waals surface area (Å²) in [6.45, 7) is 12.2. The Bertz CT molecular complexity index is 4600. The molecule has 2 N–H and O–H groups in total. The van der Waals surface area contributed by atoms with Crippen LogP contribution >= 0.6 is 0 Å². The van der Waals surface area contributed by atoms with Gasteiger partial charge < -0.3 is 48.0 Å². The number of ketones is 1. The van der Waals surface area contributed by atoms with Crippen LogP contribution < -0.4 is 30.1 Å². The molecule has 104 heavy (non-hydrogen) atoms. The summed E-state index contributed by atoms with van der Waals surface area (Å²) in [5.74, 6) is 4.18. The number of hydrogen-bond donors (Lipinski definition) is 2. The zero-order valence-corrected chi connectivity index (χ0v) is 61.3. The Labute approximate surface area is 607 Å². The summed E-state index contributed by atoms with van der Waals surface area (Å²) in [7, 11) is 5.99. The third kappa shape index (κ3) is 14.4. The Hall–Kier alpha value is -9.68. The molecule has 10 heterocycles. The minimum Gasteiger partial charge on any atom is -0.497 e. The lowest BCUT2D eigenvalue weighted by Crippen LogP contribution is -2.60. The van der Waals surface area contributed by atoms with Gasteiger partial charge in [-0.25, -0.2) is 29.3 Å². The lowest BCUT2D eigenvalue weighted by atomic mass is 9.61. The van der Waals surface area contributed by atoms with Gasteiger partial charge in [0.25, 0.3) is 0 Å². The van der Waals surface area contributed by atoms with Gasteiger partial charge in [0.2, 0.25) is 5.91 Å². The summed E-state index contributed by atoms with van der Waals surface area (Å²) in [5.41, 5.74) is 14.7. The molecule has 548 valence electrons. The lowest BCUT2D eigenvalue weighted by molar-refractivity contribution is -0.122. The fourth-order valence-corrected chi connectivity index (χ4v) is 17.3. The van der Waals surface area contributed by atoms with Crippen LogP contribution in [-0.4, -0.2) is 146 Å². The number of fused-ring (bicyclic) bond motifs is 9. The number of nitrogens with one attached hydrogen (secondary N) is 2. The molecule has 6 atom stereocenters. The molecule has 24 heteroatoms. The van der Waals surface area contributed by atoms with Gasteiger partial charge in [-0.05, 0) is 201 Å². The summed E-state index contributed by atoms with van der Waals surface area (Å²) >= 11 is 0. The van der Waals surface area contributed by atoms with E-state index in [-0.39, 0.29) is 60.8 Å². The van der Waals surface area contributed by atoms with Gasteiger partial charge in [-0.2, -0.15) is 5.10 Å². The molecule has 4 fully saturated rings. The molecular weight excluding hydrogens is 1320 g/mol. The molecule has 2 saturated heterocycles. The van der Waals surface area contributed by atoms with E-state index in [1.165, 1.54) is 45.3 Å². The number of nitrogens with zero attached hydrogens (tertiary/aromatic N) is 12. The van der Waals surface area contributed by atoms with Crippen LogP contribution in [0.15, 0.2) is 104 Å². The van der Waals surface area contributed by atoms with Gasteiger partial charge in [0, 0.05) is 130 Å². The summed E-state index contributed by atoms with van der Waals surface area (Å²) in [6.07, 6.45) is 23.4. The molecule has 2 aliphatic carbocycles. The highest BCUT2D eigenvalue weighted by Gasteiger charge is 2.50. The van der Waals surface area contributed by atoms with Crippen LogP contribution in [0.2, 0.25) is 0 Å². The second-order valence-electron chi connectivity index (χ2n) is 29.5. The van der Waals surface area contributed by atoms with E-state index in [2.05, 4.69) is 80.1 Å². The van der Waals surface area contributed by atoms with Crippen LogP contribution in [0.4, 0.5) is 31.4 Å². The number of anilines is 3. The van der Waals surface area contributed by atoms with Crippen molar-refractivity contribution in [3.63, 3.8) is 0 Å². The maximum atomic E-state index is 13.0. The maximum absolute atomic E-state index is 13.0. The number of aromatic nitrogens is 9. The predicted octanol–water partition coefficient (Wildman–Crippen LogP) is 12.9. The number of methoxy groups -OCH3 is 4. The van der Waals surface area contributed by atoms with E-state index in [1.807, 2.05) is 64.8 Å². The average molecular weight is 1420 g/mol. The van der Waals surface area contributed by atoms with Gasteiger partial charge in [0.1, 0.15) is 35.6 Å². The predicted molar refractivity (Wildman–Crippen MR) is 398 cm³/mol. The van der Waals surface area contributed by atoms with E-state index in [9.17, 15) is 24.0 Å². The summed E-state index contributed by atoms with van der Waals surface area (Å²) in [4.78, 5) is 87.6. The van der Waals surface area contributed by atoms with Crippen LogP contribution in [0.3, 0.4) is 0 Å². The first-order valence-corrected chi connectivity index (χ1v) is 37.3. The monoisotopic (exact) mass is 1410 g/mol. The van der Waals surface area contributed by atoms with Crippen molar-refractivity contribution in [3.8, 4) is 5.75 Å². The molecule has 5 aromatic heterocycles. The van der Waals surface area contributed by atoms with Crippen molar-refractivity contribution < 1.29 is 47.7 Å². The third-order valence-corrected chi connectivity index (χ3v) is 22.9. The van der Waals surface area contributed by atoms with Gasteiger partial charge >= 0.3 is 18.3 Å². The van der Waals surface area contributed by atoms with E-state index in [1.54, 1.807) is 47.3 Å². The first kappa shape index (κ1) is 71.3. The first-order chi connectivity index (χ1) is 50.5. The molecular formula is C80H98N14O10. The Kier molecular flexibility index (Phi) is 21.2. The molecule has 16 rings (SSSR count). The number of imidazole rings is 3. The van der Waals surface area contributed by atoms with Crippen LogP contribution in [0.25, 0.3) is 33.1 Å². The van der Waals surface area contributed by atoms with E-state index >= 15 is 0 Å². The van der Waals surface area contributed by atoms with Crippen molar-refractivity contribution in [1.29, 1.82) is 0 Å². The Morgan fingerprint density at radius 1 is 0.615 bits per heavy atom. The molecule has 2 saturated carbocycles. The first-order valence-electron chi connectivity index (χ1n) is 37.3. The number of carbonyl (C=O) groups is 5. The molecule has 4 amide bonds. The number of ether oxygens (including phenoxy) is 5. The number of amides is 4. The van der Waals surface area contributed by atoms with Gasteiger partial charge in [0.15, 0.2) is 0 Å². The quantitative estimate of drug-likeness (QED) is 0.0853. The van der Waals surface area contributed by atoms with Crippen molar-refractivity contribution in [3.05, 3.63) is 149 Å². The molecule has 7 aliphatic rings. The van der Waals surface area contributed by atoms with E-state index < -0.39 is 0 Å². The van der Waals surface area contributed by atoms with Crippen molar-refractivity contribution in [2.75, 3.05) is 62.8 Å². The van der Waals surface area contributed by atoms with E-state index in [0.29, 0.717) is 42.9 Å². The highest BCUT2D eigenvalue weighted by molar-refractivity contribution is 5.98. The second-order valence-corrected chi connectivity index (χ2v) is 29.5. The summed E-state index contributed by atoms with van der Waals surface area (Å²) in [6, 6.07) is 27.2. The van der Waals surface area contributed by atoms with Gasteiger partial charge in [0.05, 0.1) is 84.7 Å². The van der Waals surface area contributed by atoms with Crippen LogP contribution in [0, 0.1) is 11.3 Å². The number of hydrogen-bond acceptors (Lipinski definition) is 16. The highest BCUT2D eigenvalue weighted by atomic mass is 16.6. The lowest BCUT2D eigenvalue weighted by Gasteiger charge is -2.55. The zero-order chi connectivity index (χ0) is 72.3. The summed E-state index contributed by atoms with van der Waals surface area (Å²) < 4.78 is 35.4. The maximum Gasteiger partial charge on any atom is 0.414 e. The van der Waals surface area contributed by atoms with Crippen molar-refractivity contribution in [1.82, 2.24) is 54.1 Å². The Balaban J connectivity index is 0.000000132. The number of benzene rings is 4. The molecule has 24 nitrogen and oxygen atoms in total. The third-order valence-electron chi connectivity index (χ3n) is 22.9. The van der Waals surface area contributed by atoms with E-state index in [0.717, 1.165) is 206 Å². The van der Waals surface area contributed by atoms with Crippen LogP contribution in [0.5, 0.6) is 5.75 Å². The topological polar surface area (TPSA) is 249 Å².